The molecule has 2 rings (SSSR count). The molecule has 0 atom stereocenters. The van der Waals surface area contributed by atoms with Crippen molar-refractivity contribution in [2.75, 3.05) is 0 Å². The van der Waals surface area contributed by atoms with E-state index in [0.717, 1.165) is 9.21 Å². The summed E-state index contributed by atoms with van der Waals surface area (Å²) in [6.07, 6.45) is 0. The smallest absolute Gasteiger partial charge is 0.161 e. The molecule has 0 saturated heterocycles. The van der Waals surface area contributed by atoms with E-state index < -0.39 is 0 Å². The third kappa shape index (κ3) is 2.64. The van der Waals surface area contributed by atoms with Crippen molar-refractivity contribution < 1.29 is 9.84 Å². The second kappa shape index (κ2) is 4.55. The number of halogens is 1. The van der Waals surface area contributed by atoms with Gasteiger partial charge in [-0.1, -0.05) is 23.7 Å². The minimum Gasteiger partial charge on any atom is -0.504 e. The normalized spacial score (nSPS) is 10.2. The van der Waals surface area contributed by atoms with Gasteiger partial charge in [-0.3, -0.25) is 0 Å². The lowest BCUT2D eigenvalue weighted by Crippen LogP contribution is -1.92. The van der Waals surface area contributed by atoms with Gasteiger partial charge in [-0.15, -0.1) is 11.3 Å². The summed E-state index contributed by atoms with van der Waals surface area (Å²) in [7, 11) is 0. The molecule has 15 heavy (non-hydrogen) atoms. The lowest BCUT2D eigenvalue weighted by atomic mass is 10.3. The Morgan fingerprint density at radius 3 is 2.67 bits per heavy atom. The first-order valence-electron chi connectivity index (χ1n) is 4.41. The Labute approximate surface area is 96.7 Å². The van der Waals surface area contributed by atoms with Crippen LogP contribution in [0.3, 0.4) is 0 Å². The topological polar surface area (TPSA) is 29.5 Å². The molecule has 0 aliphatic carbocycles. The Morgan fingerprint density at radius 1 is 1.20 bits per heavy atom. The highest BCUT2D eigenvalue weighted by Crippen LogP contribution is 2.27. The number of ether oxygens (including phenoxy) is 1. The Kier molecular flexibility index (Phi) is 3.14. The van der Waals surface area contributed by atoms with E-state index in [0.29, 0.717) is 12.4 Å². The minimum absolute atomic E-state index is 0.153. The first-order chi connectivity index (χ1) is 7.25. The molecule has 0 radical (unpaired) electrons. The molecule has 0 unspecified atom stereocenters. The SMILES string of the molecule is Oc1ccccc1OCc1ccc(Cl)s1. The van der Waals surface area contributed by atoms with Crippen LogP contribution in [-0.4, -0.2) is 5.11 Å². The molecule has 1 aromatic carbocycles. The molecular weight excluding hydrogens is 232 g/mol. The van der Waals surface area contributed by atoms with Gasteiger partial charge in [0.2, 0.25) is 0 Å². The summed E-state index contributed by atoms with van der Waals surface area (Å²) < 4.78 is 6.18. The molecular formula is C11H9ClO2S. The molecule has 2 aromatic rings. The van der Waals surface area contributed by atoms with Crippen LogP contribution in [0.5, 0.6) is 11.5 Å². The molecule has 0 aliphatic rings. The lowest BCUT2D eigenvalue weighted by Gasteiger charge is -2.05. The maximum absolute atomic E-state index is 9.45. The summed E-state index contributed by atoms with van der Waals surface area (Å²) in [6.45, 7) is 0.426. The summed E-state index contributed by atoms with van der Waals surface area (Å²) in [4.78, 5) is 1.03. The van der Waals surface area contributed by atoms with Crippen LogP contribution >= 0.6 is 22.9 Å². The molecule has 0 aliphatic heterocycles. The molecule has 78 valence electrons. The fraction of sp³-hybridized carbons (Fsp3) is 0.0909. The van der Waals surface area contributed by atoms with Gasteiger partial charge >= 0.3 is 0 Å². The van der Waals surface area contributed by atoms with Crippen LogP contribution in [-0.2, 0) is 6.61 Å². The maximum atomic E-state index is 9.45. The summed E-state index contributed by atoms with van der Waals surface area (Å²) in [5.74, 6) is 0.641. The van der Waals surface area contributed by atoms with Gasteiger partial charge in [0.15, 0.2) is 11.5 Å². The number of hydrogen-bond donors (Lipinski definition) is 1. The zero-order chi connectivity index (χ0) is 10.7. The molecule has 0 amide bonds. The van der Waals surface area contributed by atoms with Crippen LogP contribution < -0.4 is 4.74 Å². The molecule has 1 N–H and O–H groups in total. The molecule has 0 bridgehead atoms. The van der Waals surface area contributed by atoms with E-state index in [9.17, 15) is 5.11 Å². The third-order valence-corrected chi connectivity index (χ3v) is 3.07. The van der Waals surface area contributed by atoms with Gasteiger partial charge in [-0.25, -0.2) is 0 Å². The zero-order valence-electron chi connectivity index (χ0n) is 7.81. The van der Waals surface area contributed by atoms with Crippen molar-refractivity contribution in [1.29, 1.82) is 0 Å². The van der Waals surface area contributed by atoms with Gasteiger partial charge in [-0.05, 0) is 24.3 Å². The summed E-state index contributed by atoms with van der Waals surface area (Å²) in [5, 5.41) is 9.45. The number of rotatable bonds is 3. The molecule has 0 fully saturated rings. The van der Waals surface area contributed by atoms with Crippen molar-refractivity contribution >= 4 is 22.9 Å². The monoisotopic (exact) mass is 240 g/mol. The molecule has 1 heterocycles. The fourth-order valence-corrected chi connectivity index (χ4v) is 2.16. The second-order valence-electron chi connectivity index (χ2n) is 2.96. The molecule has 2 nitrogen and oxygen atoms in total. The standard InChI is InChI=1S/C11H9ClO2S/c12-11-6-5-8(15-11)7-14-10-4-2-1-3-9(10)13/h1-6,13H,7H2. The summed E-state index contributed by atoms with van der Waals surface area (Å²) >= 11 is 7.26. The van der Waals surface area contributed by atoms with Crippen molar-refractivity contribution in [2.24, 2.45) is 0 Å². The van der Waals surface area contributed by atoms with E-state index in [2.05, 4.69) is 0 Å². The van der Waals surface area contributed by atoms with Crippen LogP contribution in [0.4, 0.5) is 0 Å². The number of phenolic OH excluding ortho intramolecular Hbond substituents is 1. The van der Waals surface area contributed by atoms with E-state index >= 15 is 0 Å². The highest BCUT2D eigenvalue weighted by atomic mass is 35.5. The van der Waals surface area contributed by atoms with Gasteiger partial charge in [0.1, 0.15) is 6.61 Å². The number of hydrogen-bond acceptors (Lipinski definition) is 3. The van der Waals surface area contributed by atoms with Gasteiger partial charge in [0, 0.05) is 4.88 Å². The van der Waals surface area contributed by atoms with Crippen LogP contribution in [0.15, 0.2) is 36.4 Å². The van der Waals surface area contributed by atoms with Crippen LogP contribution in [0.25, 0.3) is 0 Å². The number of benzene rings is 1. The van der Waals surface area contributed by atoms with Crippen molar-refractivity contribution in [3.8, 4) is 11.5 Å². The summed E-state index contributed by atoms with van der Waals surface area (Å²) in [5.41, 5.74) is 0. The Bertz CT molecular complexity index is 453. The van der Waals surface area contributed by atoms with Gasteiger partial charge in [-0.2, -0.15) is 0 Å². The van der Waals surface area contributed by atoms with Gasteiger partial charge < -0.3 is 9.84 Å². The third-order valence-electron chi connectivity index (χ3n) is 1.86. The number of para-hydroxylation sites is 2. The van der Waals surface area contributed by atoms with E-state index in [1.54, 1.807) is 18.2 Å². The minimum atomic E-state index is 0.153. The molecule has 0 spiro atoms. The quantitative estimate of drug-likeness (QED) is 0.887. The van der Waals surface area contributed by atoms with E-state index in [-0.39, 0.29) is 5.75 Å². The van der Waals surface area contributed by atoms with Crippen molar-refractivity contribution in [3.63, 3.8) is 0 Å². The summed E-state index contributed by atoms with van der Waals surface area (Å²) in [6, 6.07) is 10.6. The molecule has 1 aromatic heterocycles. The lowest BCUT2D eigenvalue weighted by molar-refractivity contribution is 0.292. The van der Waals surface area contributed by atoms with Crippen molar-refractivity contribution in [3.05, 3.63) is 45.6 Å². The van der Waals surface area contributed by atoms with E-state index in [4.69, 9.17) is 16.3 Å². The largest absolute Gasteiger partial charge is 0.504 e. The Hall–Kier alpha value is -1.19. The van der Waals surface area contributed by atoms with Gasteiger partial charge in [0.25, 0.3) is 0 Å². The number of aromatic hydroxyl groups is 1. The average molecular weight is 241 g/mol. The van der Waals surface area contributed by atoms with Crippen molar-refractivity contribution in [2.45, 2.75) is 6.61 Å². The van der Waals surface area contributed by atoms with Crippen LogP contribution in [0.1, 0.15) is 4.88 Å². The van der Waals surface area contributed by atoms with Gasteiger partial charge in [0.05, 0.1) is 4.34 Å². The predicted octanol–water partition coefficient (Wildman–Crippen LogP) is 3.69. The van der Waals surface area contributed by atoms with Crippen LogP contribution in [0, 0.1) is 0 Å². The Balaban J connectivity index is 2.02. The number of phenols is 1. The van der Waals surface area contributed by atoms with E-state index in [1.165, 1.54) is 11.3 Å². The second-order valence-corrected chi connectivity index (χ2v) is 4.76. The fourth-order valence-electron chi connectivity index (χ4n) is 1.16. The molecule has 4 heteroatoms. The van der Waals surface area contributed by atoms with Crippen LogP contribution in [0.2, 0.25) is 4.34 Å². The highest BCUT2D eigenvalue weighted by Gasteiger charge is 2.02. The number of thiophene rings is 1. The maximum Gasteiger partial charge on any atom is 0.161 e. The first kappa shape index (κ1) is 10.3. The zero-order valence-corrected chi connectivity index (χ0v) is 9.39. The highest BCUT2D eigenvalue weighted by molar-refractivity contribution is 7.16. The molecule has 0 saturated carbocycles. The van der Waals surface area contributed by atoms with E-state index in [1.807, 2.05) is 18.2 Å². The van der Waals surface area contributed by atoms with Crippen molar-refractivity contribution in [1.82, 2.24) is 0 Å². The predicted molar refractivity (Wildman–Crippen MR) is 61.8 cm³/mol. The average Bonchev–Trinajstić information content (AvgIpc) is 2.63. The Morgan fingerprint density at radius 2 is 2.00 bits per heavy atom. The first-order valence-corrected chi connectivity index (χ1v) is 5.60.